The van der Waals surface area contributed by atoms with E-state index in [9.17, 15) is 4.79 Å². The van der Waals surface area contributed by atoms with Crippen LogP contribution < -0.4 is 5.73 Å². The number of pyridine rings is 1. The second-order valence-electron chi connectivity index (χ2n) is 3.15. The maximum absolute atomic E-state index is 10.9. The summed E-state index contributed by atoms with van der Waals surface area (Å²) < 4.78 is 1.82. The molecule has 0 radical (unpaired) electrons. The van der Waals surface area contributed by atoms with Crippen molar-refractivity contribution in [2.45, 2.75) is 13.3 Å². The quantitative estimate of drug-likeness (QED) is 0.766. The Balaban J connectivity index is 2.60. The van der Waals surface area contributed by atoms with Crippen molar-refractivity contribution in [2.24, 2.45) is 5.73 Å². The normalized spacial score (nSPS) is 10.6. The van der Waals surface area contributed by atoms with E-state index in [1.165, 1.54) is 5.56 Å². The molecule has 0 atom stereocenters. The minimum atomic E-state index is -0.494. The summed E-state index contributed by atoms with van der Waals surface area (Å²) in [6.45, 7) is 2.08. The van der Waals surface area contributed by atoms with Crippen LogP contribution in [-0.4, -0.2) is 15.3 Å². The zero-order chi connectivity index (χ0) is 10.1. The maximum atomic E-state index is 10.9. The van der Waals surface area contributed by atoms with E-state index in [1.807, 2.05) is 22.7 Å². The van der Waals surface area contributed by atoms with E-state index in [-0.39, 0.29) is 0 Å². The van der Waals surface area contributed by atoms with Crippen LogP contribution in [0.3, 0.4) is 0 Å². The lowest BCUT2D eigenvalue weighted by Crippen LogP contribution is -2.10. The summed E-state index contributed by atoms with van der Waals surface area (Å²) >= 11 is 0. The molecule has 14 heavy (non-hydrogen) atoms. The first-order chi connectivity index (χ1) is 6.70. The third-order valence-corrected chi connectivity index (χ3v) is 2.17. The molecule has 2 aromatic heterocycles. The van der Waals surface area contributed by atoms with Crippen LogP contribution in [0.15, 0.2) is 24.5 Å². The Morgan fingerprint density at radius 3 is 2.93 bits per heavy atom. The zero-order valence-electron chi connectivity index (χ0n) is 7.90. The third-order valence-electron chi connectivity index (χ3n) is 2.17. The minimum Gasteiger partial charge on any atom is -0.364 e. The number of hydrogen-bond donors (Lipinski definition) is 1. The van der Waals surface area contributed by atoms with Crippen LogP contribution in [0.25, 0.3) is 5.65 Å². The molecule has 2 rings (SSSR count). The molecule has 0 spiro atoms. The number of amides is 1. The van der Waals surface area contributed by atoms with E-state index in [1.54, 1.807) is 6.20 Å². The molecule has 0 aliphatic heterocycles. The highest BCUT2D eigenvalue weighted by Gasteiger charge is 2.05. The van der Waals surface area contributed by atoms with Crippen molar-refractivity contribution in [3.05, 3.63) is 35.8 Å². The number of aryl methyl sites for hydroxylation is 1. The van der Waals surface area contributed by atoms with Crippen LogP contribution >= 0.6 is 0 Å². The lowest BCUT2D eigenvalue weighted by Gasteiger charge is -1.96. The summed E-state index contributed by atoms with van der Waals surface area (Å²) in [6.07, 6.45) is 4.56. The summed E-state index contributed by atoms with van der Waals surface area (Å²) in [6, 6.07) is 3.87. The fraction of sp³-hybridized carbons (Fsp3) is 0.200. The summed E-state index contributed by atoms with van der Waals surface area (Å²) in [5, 5.41) is 0. The number of carbonyl (C=O) groups excluding carboxylic acids is 1. The molecule has 0 bridgehead atoms. The summed E-state index contributed by atoms with van der Waals surface area (Å²) in [5.41, 5.74) is 7.38. The number of primary amides is 1. The first-order valence-corrected chi connectivity index (χ1v) is 4.48. The van der Waals surface area contributed by atoms with Gasteiger partial charge in [-0.2, -0.15) is 0 Å². The van der Waals surface area contributed by atoms with Crippen molar-refractivity contribution in [2.75, 3.05) is 0 Å². The van der Waals surface area contributed by atoms with Crippen molar-refractivity contribution >= 4 is 11.6 Å². The van der Waals surface area contributed by atoms with Crippen molar-refractivity contribution in [3.8, 4) is 0 Å². The highest BCUT2D eigenvalue weighted by atomic mass is 16.1. The smallest absolute Gasteiger partial charge is 0.268 e. The van der Waals surface area contributed by atoms with Gasteiger partial charge in [-0.1, -0.05) is 13.0 Å². The number of imidazole rings is 1. The number of nitrogens with zero attached hydrogens (tertiary/aromatic N) is 2. The van der Waals surface area contributed by atoms with Gasteiger partial charge in [0.2, 0.25) is 0 Å². The van der Waals surface area contributed by atoms with E-state index in [4.69, 9.17) is 5.73 Å². The SMILES string of the molecule is CCc1ccc2nc(C(N)=O)cn2c1. The molecular formula is C10H11N3O. The summed E-state index contributed by atoms with van der Waals surface area (Å²) in [4.78, 5) is 14.9. The van der Waals surface area contributed by atoms with E-state index in [2.05, 4.69) is 11.9 Å². The second-order valence-corrected chi connectivity index (χ2v) is 3.15. The van der Waals surface area contributed by atoms with Gasteiger partial charge in [0.25, 0.3) is 5.91 Å². The predicted molar refractivity (Wildman–Crippen MR) is 53.1 cm³/mol. The number of nitrogens with two attached hydrogens (primary N) is 1. The monoisotopic (exact) mass is 189 g/mol. The van der Waals surface area contributed by atoms with Gasteiger partial charge in [-0.25, -0.2) is 4.98 Å². The van der Waals surface area contributed by atoms with Crippen molar-refractivity contribution in [3.63, 3.8) is 0 Å². The highest BCUT2D eigenvalue weighted by Crippen LogP contribution is 2.07. The van der Waals surface area contributed by atoms with E-state index in [0.29, 0.717) is 5.69 Å². The van der Waals surface area contributed by atoms with Gasteiger partial charge in [0.1, 0.15) is 11.3 Å². The van der Waals surface area contributed by atoms with Crippen LogP contribution in [0, 0.1) is 0 Å². The van der Waals surface area contributed by atoms with Gasteiger partial charge in [-0.3, -0.25) is 4.79 Å². The summed E-state index contributed by atoms with van der Waals surface area (Å²) in [5.74, 6) is -0.494. The molecule has 0 unspecified atom stereocenters. The van der Waals surface area contributed by atoms with Gasteiger partial charge in [-0.15, -0.1) is 0 Å². The van der Waals surface area contributed by atoms with Crippen LogP contribution in [0.2, 0.25) is 0 Å². The number of aromatic nitrogens is 2. The molecule has 1 amide bonds. The first kappa shape index (κ1) is 8.74. The standard InChI is InChI=1S/C10H11N3O/c1-2-7-3-4-9-12-8(10(11)14)6-13(9)5-7/h3-6H,2H2,1H3,(H2,11,14). The van der Waals surface area contributed by atoms with Gasteiger partial charge >= 0.3 is 0 Å². The molecule has 4 nitrogen and oxygen atoms in total. The van der Waals surface area contributed by atoms with Gasteiger partial charge in [0.05, 0.1) is 0 Å². The summed E-state index contributed by atoms with van der Waals surface area (Å²) in [7, 11) is 0. The van der Waals surface area contributed by atoms with Gasteiger partial charge < -0.3 is 10.1 Å². The molecule has 2 N–H and O–H groups in total. The van der Waals surface area contributed by atoms with Crippen LogP contribution in [0.4, 0.5) is 0 Å². The Kier molecular flexibility index (Phi) is 1.96. The molecule has 0 saturated heterocycles. The van der Waals surface area contributed by atoms with Crippen LogP contribution in [0.5, 0.6) is 0 Å². The van der Waals surface area contributed by atoms with E-state index >= 15 is 0 Å². The Labute approximate surface area is 81.4 Å². The Morgan fingerprint density at radius 2 is 2.29 bits per heavy atom. The molecule has 2 aromatic rings. The number of fused-ring (bicyclic) bond motifs is 1. The molecule has 0 aromatic carbocycles. The third kappa shape index (κ3) is 1.35. The van der Waals surface area contributed by atoms with Crippen molar-refractivity contribution < 1.29 is 4.79 Å². The van der Waals surface area contributed by atoms with Crippen LogP contribution in [-0.2, 0) is 6.42 Å². The molecule has 0 fully saturated rings. The Hall–Kier alpha value is -1.84. The average molecular weight is 189 g/mol. The number of rotatable bonds is 2. The first-order valence-electron chi connectivity index (χ1n) is 4.48. The fourth-order valence-electron chi connectivity index (χ4n) is 1.37. The molecule has 0 aliphatic carbocycles. The molecule has 0 saturated carbocycles. The number of carbonyl (C=O) groups is 1. The molecule has 72 valence electrons. The predicted octanol–water partition coefficient (Wildman–Crippen LogP) is 0.996. The van der Waals surface area contributed by atoms with E-state index in [0.717, 1.165) is 12.1 Å². The second kappa shape index (κ2) is 3.14. The minimum absolute atomic E-state index is 0.304. The fourth-order valence-corrected chi connectivity index (χ4v) is 1.37. The molecule has 0 aliphatic rings. The molecular weight excluding hydrogens is 178 g/mol. The van der Waals surface area contributed by atoms with Gasteiger partial charge in [0.15, 0.2) is 0 Å². The average Bonchev–Trinajstić information content (AvgIpc) is 2.59. The van der Waals surface area contributed by atoms with Gasteiger partial charge in [-0.05, 0) is 18.1 Å². The largest absolute Gasteiger partial charge is 0.364 e. The topological polar surface area (TPSA) is 60.4 Å². The van der Waals surface area contributed by atoms with E-state index < -0.39 is 5.91 Å². The Bertz CT molecular complexity index is 487. The van der Waals surface area contributed by atoms with Crippen molar-refractivity contribution in [1.82, 2.24) is 9.38 Å². The Morgan fingerprint density at radius 1 is 1.50 bits per heavy atom. The lowest BCUT2D eigenvalue weighted by molar-refractivity contribution is 0.0996. The molecule has 2 heterocycles. The zero-order valence-corrected chi connectivity index (χ0v) is 7.90. The van der Waals surface area contributed by atoms with Gasteiger partial charge in [0, 0.05) is 12.4 Å². The van der Waals surface area contributed by atoms with Crippen LogP contribution in [0.1, 0.15) is 23.0 Å². The maximum Gasteiger partial charge on any atom is 0.268 e. The molecule has 4 heteroatoms. The van der Waals surface area contributed by atoms with Crippen molar-refractivity contribution in [1.29, 1.82) is 0 Å². The highest BCUT2D eigenvalue weighted by molar-refractivity contribution is 5.91. The lowest BCUT2D eigenvalue weighted by atomic mass is 10.2. The number of hydrogen-bond acceptors (Lipinski definition) is 2.